The van der Waals surface area contributed by atoms with Crippen molar-refractivity contribution < 1.29 is 10.0 Å². The number of carbonyl (C=O) groups excluding carboxylic acids is 1. The SMILES string of the molecule is O=C(NO)c1ccccc1-n1cccc1. The van der Waals surface area contributed by atoms with Crippen molar-refractivity contribution in [1.29, 1.82) is 0 Å². The first kappa shape index (κ1) is 9.48. The summed E-state index contributed by atoms with van der Waals surface area (Å²) in [5.41, 5.74) is 2.79. The number of hydroxylamine groups is 1. The van der Waals surface area contributed by atoms with Crippen molar-refractivity contribution in [3.8, 4) is 5.69 Å². The number of hydrogen-bond donors (Lipinski definition) is 2. The van der Waals surface area contributed by atoms with Crippen LogP contribution in [0.15, 0.2) is 48.8 Å². The average Bonchev–Trinajstić information content (AvgIpc) is 2.81. The number of benzene rings is 1. The Labute approximate surface area is 86.7 Å². The van der Waals surface area contributed by atoms with E-state index in [1.165, 1.54) is 0 Å². The van der Waals surface area contributed by atoms with E-state index in [1.807, 2.05) is 41.2 Å². The highest BCUT2D eigenvalue weighted by Gasteiger charge is 2.09. The summed E-state index contributed by atoms with van der Waals surface area (Å²) in [6, 6.07) is 10.8. The lowest BCUT2D eigenvalue weighted by atomic mass is 10.1. The molecule has 4 nitrogen and oxygen atoms in total. The van der Waals surface area contributed by atoms with Gasteiger partial charge in [0.05, 0.1) is 11.3 Å². The third-order valence-electron chi connectivity index (χ3n) is 2.13. The molecular weight excluding hydrogens is 192 g/mol. The molecule has 0 spiro atoms. The predicted octanol–water partition coefficient (Wildman–Crippen LogP) is 1.60. The molecule has 0 saturated heterocycles. The van der Waals surface area contributed by atoms with Crippen LogP contribution in [0.1, 0.15) is 10.4 Å². The second kappa shape index (κ2) is 3.98. The van der Waals surface area contributed by atoms with Crippen LogP contribution in [0.25, 0.3) is 5.69 Å². The molecule has 0 aliphatic heterocycles. The molecule has 2 aromatic rings. The van der Waals surface area contributed by atoms with Crippen LogP contribution in [0.5, 0.6) is 0 Å². The van der Waals surface area contributed by atoms with E-state index >= 15 is 0 Å². The molecule has 0 atom stereocenters. The molecule has 2 rings (SSSR count). The van der Waals surface area contributed by atoms with Gasteiger partial charge in [-0.3, -0.25) is 10.0 Å². The van der Waals surface area contributed by atoms with Gasteiger partial charge in [0.1, 0.15) is 0 Å². The minimum atomic E-state index is -0.515. The molecule has 0 saturated carbocycles. The number of aromatic nitrogens is 1. The standard InChI is InChI=1S/C11H10N2O2/c14-11(12-15)9-5-1-2-6-10(9)13-7-3-4-8-13/h1-8,15H,(H,12,14). The van der Waals surface area contributed by atoms with E-state index in [9.17, 15) is 4.79 Å². The highest BCUT2D eigenvalue weighted by atomic mass is 16.5. The van der Waals surface area contributed by atoms with Crippen molar-refractivity contribution in [3.05, 3.63) is 54.4 Å². The number of nitrogens with one attached hydrogen (secondary N) is 1. The molecule has 4 heteroatoms. The Kier molecular flexibility index (Phi) is 2.51. The lowest BCUT2D eigenvalue weighted by Crippen LogP contribution is -2.20. The molecule has 1 heterocycles. The van der Waals surface area contributed by atoms with Crippen molar-refractivity contribution >= 4 is 5.91 Å². The predicted molar refractivity (Wildman–Crippen MR) is 55.0 cm³/mol. The monoisotopic (exact) mass is 202 g/mol. The maximum Gasteiger partial charge on any atom is 0.276 e. The van der Waals surface area contributed by atoms with Gasteiger partial charge >= 0.3 is 0 Å². The molecular formula is C11H10N2O2. The molecule has 0 aliphatic rings. The second-order valence-electron chi connectivity index (χ2n) is 3.05. The topological polar surface area (TPSA) is 54.3 Å². The Hall–Kier alpha value is -2.07. The van der Waals surface area contributed by atoms with Crippen molar-refractivity contribution in [2.75, 3.05) is 0 Å². The molecule has 0 fully saturated rings. The maximum atomic E-state index is 11.4. The van der Waals surface area contributed by atoms with Gasteiger partial charge in [-0.1, -0.05) is 12.1 Å². The van der Waals surface area contributed by atoms with Gasteiger partial charge in [0.15, 0.2) is 0 Å². The summed E-state index contributed by atoms with van der Waals surface area (Å²) in [4.78, 5) is 11.4. The molecule has 0 bridgehead atoms. The Morgan fingerprint density at radius 3 is 2.47 bits per heavy atom. The van der Waals surface area contributed by atoms with Crippen LogP contribution < -0.4 is 5.48 Å². The number of carbonyl (C=O) groups is 1. The van der Waals surface area contributed by atoms with Gasteiger partial charge in [-0.2, -0.15) is 0 Å². The van der Waals surface area contributed by atoms with Gasteiger partial charge in [0.25, 0.3) is 5.91 Å². The van der Waals surface area contributed by atoms with Gasteiger partial charge in [0, 0.05) is 12.4 Å². The Morgan fingerprint density at radius 2 is 1.80 bits per heavy atom. The number of nitrogens with zero attached hydrogens (tertiary/aromatic N) is 1. The zero-order chi connectivity index (χ0) is 10.7. The summed E-state index contributed by atoms with van der Waals surface area (Å²) in [7, 11) is 0. The quantitative estimate of drug-likeness (QED) is 0.574. The van der Waals surface area contributed by atoms with E-state index in [1.54, 1.807) is 17.6 Å². The van der Waals surface area contributed by atoms with Crippen molar-refractivity contribution in [2.45, 2.75) is 0 Å². The van der Waals surface area contributed by atoms with Gasteiger partial charge in [-0.15, -0.1) is 0 Å². The van der Waals surface area contributed by atoms with Crippen LogP contribution in [-0.2, 0) is 0 Å². The first-order chi connectivity index (χ1) is 7.33. The molecule has 0 radical (unpaired) electrons. The number of rotatable bonds is 2. The Morgan fingerprint density at radius 1 is 1.13 bits per heavy atom. The molecule has 0 unspecified atom stereocenters. The summed E-state index contributed by atoms with van der Waals surface area (Å²) in [5.74, 6) is -0.515. The van der Waals surface area contributed by atoms with Gasteiger partial charge in [-0.25, -0.2) is 5.48 Å². The van der Waals surface area contributed by atoms with Crippen LogP contribution in [-0.4, -0.2) is 15.7 Å². The van der Waals surface area contributed by atoms with E-state index in [-0.39, 0.29) is 0 Å². The lowest BCUT2D eigenvalue weighted by Gasteiger charge is -2.08. The molecule has 76 valence electrons. The van der Waals surface area contributed by atoms with Gasteiger partial charge in [0.2, 0.25) is 0 Å². The maximum absolute atomic E-state index is 11.4. The fraction of sp³-hybridized carbons (Fsp3) is 0. The Bertz CT molecular complexity index is 463. The fourth-order valence-corrected chi connectivity index (χ4v) is 1.45. The van der Waals surface area contributed by atoms with E-state index in [4.69, 9.17) is 5.21 Å². The third kappa shape index (κ3) is 1.75. The first-order valence-electron chi connectivity index (χ1n) is 4.50. The summed E-state index contributed by atoms with van der Waals surface area (Å²) < 4.78 is 1.81. The second-order valence-corrected chi connectivity index (χ2v) is 3.05. The van der Waals surface area contributed by atoms with Crippen molar-refractivity contribution in [2.24, 2.45) is 0 Å². The molecule has 1 aromatic carbocycles. The van der Waals surface area contributed by atoms with Gasteiger partial charge < -0.3 is 4.57 Å². The molecule has 1 amide bonds. The lowest BCUT2D eigenvalue weighted by molar-refractivity contribution is 0.0706. The molecule has 1 aromatic heterocycles. The highest BCUT2D eigenvalue weighted by molar-refractivity contribution is 5.97. The minimum Gasteiger partial charge on any atom is -0.323 e. The van der Waals surface area contributed by atoms with E-state index < -0.39 is 5.91 Å². The number of amides is 1. The number of para-hydroxylation sites is 1. The summed E-state index contributed by atoms with van der Waals surface area (Å²) in [5, 5.41) is 8.60. The van der Waals surface area contributed by atoms with Crippen molar-refractivity contribution in [3.63, 3.8) is 0 Å². The third-order valence-corrected chi connectivity index (χ3v) is 2.13. The zero-order valence-electron chi connectivity index (χ0n) is 7.92. The fourth-order valence-electron chi connectivity index (χ4n) is 1.45. The van der Waals surface area contributed by atoms with E-state index in [2.05, 4.69) is 0 Å². The average molecular weight is 202 g/mol. The normalized spacial score (nSPS) is 9.93. The minimum absolute atomic E-state index is 0.427. The van der Waals surface area contributed by atoms with Crippen LogP contribution >= 0.6 is 0 Å². The smallest absolute Gasteiger partial charge is 0.276 e. The van der Waals surface area contributed by atoms with E-state index in [0.29, 0.717) is 5.56 Å². The van der Waals surface area contributed by atoms with Crippen LogP contribution in [0.2, 0.25) is 0 Å². The summed E-state index contributed by atoms with van der Waals surface area (Å²) in [6.07, 6.45) is 3.67. The van der Waals surface area contributed by atoms with Crippen LogP contribution in [0.3, 0.4) is 0 Å². The highest BCUT2D eigenvalue weighted by Crippen LogP contribution is 2.14. The zero-order valence-corrected chi connectivity index (χ0v) is 7.92. The summed E-state index contributed by atoms with van der Waals surface area (Å²) in [6.45, 7) is 0. The van der Waals surface area contributed by atoms with E-state index in [0.717, 1.165) is 5.69 Å². The summed E-state index contributed by atoms with van der Waals surface area (Å²) >= 11 is 0. The molecule has 15 heavy (non-hydrogen) atoms. The van der Waals surface area contributed by atoms with Crippen LogP contribution in [0, 0.1) is 0 Å². The molecule has 2 N–H and O–H groups in total. The van der Waals surface area contributed by atoms with Crippen molar-refractivity contribution in [1.82, 2.24) is 10.0 Å². The largest absolute Gasteiger partial charge is 0.323 e. The Balaban J connectivity index is 2.52. The van der Waals surface area contributed by atoms with Gasteiger partial charge in [-0.05, 0) is 24.3 Å². The molecule has 0 aliphatic carbocycles. The number of hydrogen-bond acceptors (Lipinski definition) is 2. The first-order valence-corrected chi connectivity index (χ1v) is 4.50. The van der Waals surface area contributed by atoms with Crippen LogP contribution in [0.4, 0.5) is 0 Å².